The van der Waals surface area contributed by atoms with Crippen LogP contribution < -0.4 is 5.73 Å². The summed E-state index contributed by atoms with van der Waals surface area (Å²) in [6.07, 6.45) is 1.41. The average Bonchev–Trinajstić information content (AvgIpc) is 2.20. The molecule has 0 aliphatic heterocycles. The summed E-state index contributed by atoms with van der Waals surface area (Å²) in [4.78, 5) is 11.0. The molecule has 0 radical (unpaired) electrons. The highest BCUT2D eigenvalue weighted by Gasteiger charge is 2.06. The summed E-state index contributed by atoms with van der Waals surface area (Å²) in [5, 5.41) is 0. The van der Waals surface area contributed by atoms with Crippen molar-refractivity contribution in [1.82, 2.24) is 0 Å². The van der Waals surface area contributed by atoms with Crippen LogP contribution in [-0.4, -0.2) is 13.1 Å². The van der Waals surface area contributed by atoms with E-state index in [2.05, 4.69) is 20.7 Å². The average molecular weight is 274 g/mol. The molecule has 0 bridgehead atoms. The Hall–Kier alpha value is -1.36. The van der Waals surface area contributed by atoms with Gasteiger partial charge in [-0.05, 0) is 23.8 Å². The van der Waals surface area contributed by atoms with Crippen molar-refractivity contribution in [2.45, 2.75) is 0 Å². The van der Waals surface area contributed by atoms with Crippen LogP contribution in [0.2, 0.25) is 0 Å². The van der Waals surface area contributed by atoms with Gasteiger partial charge in [-0.15, -0.1) is 0 Å². The highest BCUT2D eigenvalue weighted by molar-refractivity contribution is 9.10. The number of carbonyl (C=O) groups excluding carboxylic acids is 1. The Kier molecular flexibility index (Phi) is 3.85. The van der Waals surface area contributed by atoms with Gasteiger partial charge >= 0.3 is 5.97 Å². The van der Waals surface area contributed by atoms with Gasteiger partial charge in [0.05, 0.1) is 7.11 Å². The predicted octanol–water partition coefficient (Wildman–Crippen LogP) is 2.06. The molecule has 15 heavy (non-hydrogen) atoms. The summed E-state index contributed by atoms with van der Waals surface area (Å²) < 4.78 is 17.7. The summed E-state index contributed by atoms with van der Waals surface area (Å²) in [7, 11) is 1.24. The van der Waals surface area contributed by atoms with Gasteiger partial charge in [-0.3, -0.25) is 0 Å². The Morgan fingerprint density at radius 1 is 1.60 bits per heavy atom. The number of carbonyl (C=O) groups is 1. The molecule has 0 atom stereocenters. The van der Waals surface area contributed by atoms with Crippen molar-refractivity contribution >= 4 is 28.0 Å². The van der Waals surface area contributed by atoms with Crippen LogP contribution in [0.5, 0.6) is 0 Å². The molecule has 1 aromatic rings. The number of halogens is 2. The molecule has 0 aliphatic carbocycles. The van der Waals surface area contributed by atoms with E-state index in [1.165, 1.54) is 31.4 Å². The lowest BCUT2D eigenvalue weighted by atomic mass is 10.2. The van der Waals surface area contributed by atoms with Crippen LogP contribution >= 0.6 is 15.9 Å². The number of hydrogen-bond acceptors (Lipinski definition) is 3. The zero-order valence-corrected chi connectivity index (χ0v) is 9.55. The minimum atomic E-state index is -0.619. The largest absolute Gasteiger partial charge is 0.464 e. The third-order valence-electron chi connectivity index (χ3n) is 1.69. The van der Waals surface area contributed by atoms with Crippen molar-refractivity contribution in [2.75, 3.05) is 7.11 Å². The van der Waals surface area contributed by atoms with Crippen molar-refractivity contribution in [2.24, 2.45) is 5.73 Å². The molecule has 5 heteroatoms. The molecule has 80 valence electrons. The number of esters is 1. The van der Waals surface area contributed by atoms with E-state index >= 15 is 0 Å². The minimum absolute atomic E-state index is 0.0372. The van der Waals surface area contributed by atoms with E-state index in [0.717, 1.165) is 0 Å². The lowest BCUT2D eigenvalue weighted by Gasteiger charge is -2.01. The normalized spacial score (nSPS) is 11.3. The van der Waals surface area contributed by atoms with Crippen molar-refractivity contribution < 1.29 is 13.9 Å². The highest BCUT2D eigenvalue weighted by Crippen LogP contribution is 2.20. The van der Waals surface area contributed by atoms with Crippen LogP contribution in [0.25, 0.3) is 6.08 Å². The zero-order valence-electron chi connectivity index (χ0n) is 7.96. The molecule has 0 unspecified atom stereocenters. The Bertz CT molecular complexity index is 418. The summed E-state index contributed by atoms with van der Waals surface area (Å²) in [5.74, 6) is -0.984. The van der Waals surface area contributed by atoms with E-state index in [9.17, 15) is 9.18 Å². The predicted molar refractivity (Wildman–Crippen MR) is 58.3 cm³/mol. The summed E-state index contributed by atoms with van der Waals surface area (Å²) in [5.41, 5.74) is 6.01. The van der Waals surface area contributed by atoms with E-state index in [4.69, 9.17) is 5.73 Å². The number of ether oxygens (including phenoxy) is 1. The molecule has 1 rings (SSSR count). The molecular weight excluding hydrogens is 265 g/mol. The first-order valence-corrected chi connectivity index (χ1v) is 4.84. The standard InChI is InChI=1S/C10H9BrFNO2/c1-15-10(14)9(13)4-6-2-3-7(12)5-8(6)11/h2-5H,13H2,1H3/b9-4-. The van der Waals surface area contributed by atoms with Crippen molar-refractivity contribution in [1.29, 1.82) is 0 Å². The van der Waals surface area contributed by atoms with E-state index < -0.39 is 5.97 Å². The molecule has 3 nitrogen and oxygen atoms in total. The molecule has 1 aromatic carbocycles. The highest BCUT2D eigenvalue weighted by atomic mass is 79.9. The second-order valence-corrected chi connectivity index (χ2v) is 3.61. The van der Waals surface area contributed by atoms with Crippen LogP contribution in [0.3, 0.4) is 0 Å². The van der Waals surface area contributed by atoms with E-state index in [1.54, 1.807) is 0 Å². The molecule has 0 aliphatic rings. The third-order valence-corrected chi connectivity index (χ3v) is 2.38. The smallest absolute Gasteiger partial charge is 0.353 e. The summed E-state index contributed by atoms with van der Waals surface area (Å²) in [6.45, 7) is 0. The second kappa shape index (κ2) is 4.93. The third kappa shape index (κ3) is 3.06. The van der Waals surface area contributed by atoms with Crippen LogP contribution in [0.15, 0.2) is 28.4 Å². The fraction of sp³-hybridized carbons (Fsp3) is 0.100. The van der Waals surface area contributed by atoms with E-state index in [1.807, 2.05) is 0 Å². The van der Waals surface area contributed by atoms with E-state index in [-0.39, 0.29) is 11.5 Å². The maximum Gasteiger partial charge on any atom is 0.353 e. The van der Waals surface area contributed by atoms with Gasteiger partial charge in [-0.1, -0.05) is 22.0 Å². The molecular formula is C10H9BrFNO2. The monoisotopic (exact) mass is 273 g/mol. The van der Waals surface area contributed by atoms with Gasteiger partial charge in [0.25, 0.3) is 0 Å². The lowest BCUT2D eigenvalue weighted by Crippen LogP contribution is -2.12. The fourth-order valence-corrected chi connectivity index (χ4v) is 1.43. The Labute approximate surface area is 94.8 Å². The molecule has 0 fully saturated rings. The van der Waals surface area contributed by atoms with Gasteiger partial charge in [-0.2, -0.15) is 0 Å². The number of benzene rings is 1. The SMILES string of the molecule is COC(=O)/C(N)=C/c1ccc(F)cc1Br. The molecule has 0 amide bonds. The van der Waals surface area contributed by atoms with Crippen molar-refractivity contribution in [3.63, 3.8) is 0 Å². The topological polar surface area (TPSA) is 52.3 Å². The minimum Gasteiger partial charge on any atom is -0.464 e. The van der Waals surface area contributed by atoms with Gasteiger partial charge in [0.15, 0.2) is 0 Å². The quantitative estimate of drug-likeness (QED) is 0.663. The molecule has 0 aromatic heterocycles. The van der Waals surface area contributed by atoms with Crippen LogP contribution in [0, 0.1) is 5.82 Å². The van der Waals surface area contributed by atoms with E-state index in [0.29, 0.717) is 10.0 Å². The number of hydrogen-bond donors (Lipinski definition) is 1. The molecule has 0 saturated carbocycles. The second-order valence-electron chi connectivity index (χ2n) is 2.76. The van der Waals surface area contributed by atoms with Crippen LogP contribution in [-0.2, 0) is 9.53 Å². The van der Waals surface area contributed by atoms with Gasteiger partial charge in [0.2, 0.25) is 0 Å². The Morgan fingerprint density at radius 3 is 2.80 bits per heavy atom. The van der Waals surface area contributed by atoms with Gasteiger partial charge in [0.1, 0.15) is 11.5 Å². The summed E-state index contributed by atoms with van der Waals surface area (Å²) in [6, 6.07) is 4.08. The first-order valence-electron chi connectivity index (χ1n) is 4.05. The maximum atomic E-state index is 12.7. The fourth-order valence-electron chi connectivity index (χ4n) is 0.963. The van der Waals surface area contributed by atoms with Gasteiger partial charge in [-0.25, -0.2) is 9.18 Å². The Balaban J connectivity index is 3.03. The molecule has 2 N–H and O–H groups in total. The van der Waals surface area contributed by atoms with Crippen molar-refractivity contribution in [3.05, 3.63) is 39.7 Å². The zero-order chi connectivity index (χ0) is 11.4. The maximum absolute atomic E-state index is 12.7. The lowest BCUT2D eigenvalue weighted by molar-refractivity contribution is -0.136. The number of nitrogens with two attached hydrogens (primary N) is 1. The summed E-state index contributed by atoms with van der Waals surface area (Å²) >= 11 is 3.15. The molecule has 0 saturated heterocycles. The number of methoxy groups -OCH3 is 1. The molecule has 0 heterocycles. The molecule has 0 spiro atoms. The van der Waals surface area contributed by atoms with Gasteiger partial charge in [0, 0.05) is 4.47 Å². The number of rotatable bonds is 2. The first-order chi connectivity index (χ1) is 7.04. The van der Waals surface area contributed by atoms with Crippen LogP contribution in [0.1, 0.15) is 5.56 Å². The Morgan fingerprint density at radius 2 is 2.27 bits per heavy atom. The van der Waals surface area contributed by atoms with Gasteiger partial charge < -0.3 is 10.5 Å². The van der Waals surface area contributed by atoms with Crippen LogP contribution in [0.4, 0.5) is 4.39 Å². The van der Waals surface area contributed by atoms with Crippen molar-refractivity contribution in [3.8, 4) is 0 Å². The first kappa shape index (κ1) is 11.7.